The van der Waals surface area contributed by atoms with Gasteiger partial charge in [0, 0.05) is 6.04 Å². The lowest BCUT2D eigenvalue weighted by molar-refractivity contribution is -0.0899. The zero-order valence-corrected chi connectivity index (χ0v) is 12.2. The van der Waals surface area contributed by atoms with Crippen molar-refractivity contribution in [3.63, 3.8) is 0 Å². The maximum Gasteiger partial charge on any atom is 0.422 e. The fourth-order valence-corrected chi connectivity index (χ4v) is 3.44. The molecular formula is C14H26N2O2. The van der Waals surface area contributed by atoms with E-state index in [1.807, 2.05) is 20.8 Å². The zero-order chi connectivity index (χ0) is 13.6. The lowest BCUT2D eigenvalue weighted by Crippen LogP contribution is -2.61. The van der Waals surface area contributed by atoms with E-state index in [1.165, 1.54) is 12.8 Å². The van der Waals surface area contributed by atoms with Gasteiger partial charge in [-0.3, -0.25) is 5.43 Å². The van der Waals surface area contributed by atoms with Crippen LogP contribution in [0.5, 0.6) is 0 Å². The minimum absolute atomic E-state index is 0.387. The van der Waals surface area contributed by atoms with Crippen LogP contribution in [0.2, 0.25) is 0 Å². The first-order valence-electron chi connectivity index (χ1n) is 6.94. The van der Waals surface area contributed by atoms with E-state index in [9.17, 15) is 4.79 Å². The predicted octanol–water partition coefficient (Wildman–Crippen LogP) is 2.84. The molecule has 0 saturated heterocycles. The van der Waals surface area contributed by atoms with Crippen LogP contribution in [0.3, 0.4) is 0 Å². The molecule has 3 atom stereocenters. The number of carbonyl (C=O) groups excluding carboxylic acids is 1. The van der Waals surface area contributed by atoms with Crippen molar-refractivity contribution in [2.45, 2.75) is 65.5 Å². The lowest BCUT2D eigenvalue weighted by Gasteiger charge is -2.60. The Morgan fingerprint density at radius 1 is 1.28 bits per heavy atom. The Labute approximate surface area is 110 Å². The first kappa shape index (κ1) is 13.7. The topological polar surface area (TPSA) is 50.4 Å². The van der Waals surface area contributed by atoms with Crippen LogP contribution in [0.15, 0.2) is 0 Å². The van der Waals surface area contributed by atoms with Gasteiger partial charge in [-0.25, -0.2) is 10.2 Å². The van der Waals surface area contributed by atoms with Gasteiger partial charge in [0.05, 0.1) is 0 Å². The molecule has 18 heavy (non-hydrogen) atoms. The molecule has 4 heteroatoms. The van der Waals surface area contributed by atoms with E-state index in [2.05, 4.69) is 24.7 Å². The number of amides is 1. The van der Waals surface area contributed by atoms with Gasteiger partial charge in [-0.2, -0.15) is 0 Å². The lowest BCUT2D eigenvalue weighted by atomic mass is 9.47. The van der Waals surface area contributed by atoms with E-state index in [0.29, 0.717) is 17.4 Å². The van der Waals surface area contributed by atoms with Crippen molar-refractivity contribution in [2.24, 2.45) is 17.3 Å². The summed E-state index contributed by atoms with van der Waals surface area (Å²) in [4.78, 5) is 11.6. The molecule has 0 aromatic heterocycles. The summed E-state index contributed by atoms with van der Waals surface area (Å²) in [7, 11) is 0. The van der Waals surface area contributed by atoms with Crippen LogP contribution >= 0.6 is 0 Å². The van der Waals surface area contributed by atoms with E-state index in [1.54, 1.807) is 0 Å². The highest BCUT2D eigenvalue weighted by Gasteiger charge is 2.54. The zero-order valence-electron chi connectivity index (χ0n) is 12.2. The molecule has 3 rings (SSSR count). The first-order valence-corrected chi connectivity index (χ1v) is 6.94. The average Bonchev–Trinajstić information content (AvgIpc) is 2.24. The molecule has 4 nitrogen and oxygen atoms in total. The van der Waals surface area contributed by atoms with Gasteiger partial charge in [0.2, 0.25) is 0 Å². The van der Waals surface area contributed by atoms with Crippen molar-refractivity contribution in [3.8, 4) is 0 Å². The van der Waals surface area contributed by atoms with Gasteiger partial charge in [-0.05, 0) is 57.3 Å². The molecule has 3 saturated carbocycles. The van der Waals surface area contributed by atoms with Crippen molar-refractivity contribution in [1.82, 2.24) is 10.9 Å². The average molecular weight is 254 g/mol. The summed E-state index contributed by atoms with van der Waals surface area (Å²) in [6.07, 6.45) is 3.31. The van der Waals surface area contributed by atoms with Gasteiger partial charge in [0.25, 0.3) is 0 Å². The molecule has 0 aromatic rings. The summed E-state index contributed by atoms with van der Waals surface area (Å²) in [5.41, 5.74) is 5.83. The van der Waals surface area contributed by atoms with Crippen LogP contribution in [0.1, 0.15) is 53.9 Å². The van der Waals surface area contributed by atoms with Crippen molar-refractivity contribution in [3.05, 3.63) is 0 Å². The van der Waals surface area contributed by atoms with Gasteiger partial charge in [0.15, 0.2) is 0 Å². The molecule has 0 radical (unpaired) electrons. The first-order chi connectivity index (χ1) is 8.20. The fourth-order valence-electron chi connectivity index (χ4n) is 3.44. The van der Waals surface area contributed by atoms with Crippen molar-refractivity contribution in [2.75, 3.05) is 0 Å². The Morgan fingerprint density at radius 2 is 1.94 bits per heavy atom. The summed E-state index contributed by atoms with van der Waals surface area (Å²) in [6.45, 7) is 10.3. The third-order valence-electron chi connectivity index (χ3n) is 4.62. The minimum Gasteiger partial charge on any atom is -0.443 e. The standard InChI is InChI=1S/C14H26N2O2/c1-13(2,3)18-12(17)16-15-11-7-6-9-8-10(11)14(9,4)5/h9-11,15H,6-8H2,1-5H3,(H,16,17). The molecule has 0 spiro atoms. The molecule has 0 aliphatic heterocycles. The van der Waals surface area contributed by atoms with Gasteiger partial charge in [-0.15, -0.1) is 0 Å². The smallest absolute Gasteiger partial charge is 0.422 e. The van der Waals surface area contributed by atoms with Gasteiger partial charge >= 0.3 is 6.09 Å². The Bertz CT molecular complexity index is 331. The number of ether oxygens (including phenoxy) is 1. The quantitative estimate of drug-likeness (QED) is 0.745. The van der Waals surface area contributed by atoms with Crippen LogP contribution in [0.4, 0.5) is 4.79 Å². The van der Waals surface area contributed by atoms with Gasteiger partial charge < -0.3 is 4.74 Å². The number of nitrogens with one attached hydrogen (secondary N) is 2. The molecule has 0 aromatic carbocycles. The highest BCUT2D eigenvalue weighted by molar-refractivity contribution is 5.67. The molecule has 3 aliphatic rings. The normalized spacial score (nSPS) is 33.5. The van der Waals surface area contributed by atoms with Crippen molar-refractivity contribution in [1.29, 1.82) is 0 Å². The molecule has 2 bridgehead atoms. The largest absolute Gasteiger partial charge is 0.443 e. The monoisotopic (exact) mass is 254 g/mol. The third-order valence-corrected chi connectivity index (χ3v) is 4.62. The van der Waals surface area contributed by atoms with Crippen LogP contribution in [-0.4, -0.2) is 17.7 Å². The SMILES string of the molecule is CC(C)(C)OC(=O)NNC1CCC2CC1C2(C)C. The predicted molar refractivity (Wildman–Crippen MR) is 70.9 cm³/mol. The molecule has 3 unspecified atom stereocenters. The Balaban J connectivity index is 1.79. The summed E-state index contributed by atoms with van der Waals surface area (Å²) in [5.74, 6) is 1.55. The highest BCUT2D eigenvalue weighted by atomic mass is 16.6. The summed E-state index contributed by atoms with van der Waals surface area (Å²) in [6, 6.07) is 0.387. The minimum atomic E-state index is -0.445. The molecule has 3 aliphatic carbocycles. The molecule has 2 N–H and O–H groups in total. The Hall–Kier alpha value is -0.770. The van der Waals surface area contributed by atoms with E-state index in [-0.39, 0.29) is 6.09 Å². The number of hydrazine groups is 1. The van der Waals surface area contributed by atoms with E-state index in [4.69, 9.17) is 4.74 Å². The number of hydrogen-bond acceptors (Lipinski definition) is 3. The second kappa shape index (κ2) is 4.41. The molecule has 1 amide bonds. The second-order valence-corrected chi connectivity index (χ2v) is 7.32. The molecule has 0 heterocycles. The van der Waals surface area contributed by atoms with Crippen LogP contribution < -0.4 is 10.9 Å². The highest BCUT2D eigenvalue weighted by Crippen LogP contribution is 2.58. The molecule has 3 fully saturated rings. The van der Waals surface area contributed by atoms with E-state index >= 15 is 0 Å². The van der Waals surface area contributed by atoms with Gasteiger partial charge in [-0.1, -0.05) is 13.8 Å². The fraction of sp³-hybridized carbons (Fsp3) is 0.929. The Kier molecular flexibility index (Phi) is 3.34. The summed E-state index contributed by atoms with van der Waals surface area (Å²) >= 11 is 0. The van der Waals surface area contributed by atoms with Crippen molar-refractivity contribution >= 4 is 6.09 Å². The third kappa shape index (κ3) is 2.63. The van der Waals surface area contributed by atoms with Crippen LogP contribution in [0.25, 0.3) is 0 Å². The number of rotatable bonds is 2. The second-order valence-electron chi connectivity index (χ2n) is 7.32. The molecule has 104 valence electrons. The van der Waals surface area contributed by atoms with Crippen molar-refractivity contribution < 1.29 is 9.53 Å². The number of hydrogen-bond donors (Lipinski definition) is 2. The maximum atomic E-state index is 11.6. The Morgan fingerprint density at radius 3 is 2.44 bits per heavy atom. The maximum absolute atomic E-state index is 11.6. The van der Waals surface area contributed by atoms with E-state index < -0.39 is 5.60 Å². The summed E-state index contributed by atoms with van der Waals surface area (Å²) < 4.78 is 5.22. The van der Waals surface area contributed by atoms with Crippen LogP contribution in [0, 0.1) is 17.3 Å². The van der Waals surface area contributed by atoms with E-state index in [0.717, 1.165) is 12.3 Å². The van der Waals surface area contributed by atoms with Crippen LogP contribution in [-0.2, 0) is 4.74 Å². The molecular weight excluding hydrogens is 228 g/mol. The number of carbonyl (C=O) groups is 1. The number of fused-ring (bicyclic) bond motifs is 2. The van der Waals surface area contributed by atoms with Gasteiger partial charge in [0.1, 0.15) is 5.60 Å². The summed E-state index contributed by atoms with van der Waals surface area (Å²) in [5, 5.41) is 0.